The minimum absolute atomic E-state index is 0.0729. The number of H-pyrrole nitrogens is 1. The first kappa shape index (κ1) is 17.9. The molecule has 0 spiro atoms. The predicted molar refractivity (Wildman–Crippen MR) is 112 cm³/mol. The third-order valence-electron chi connectivity index (χ3n) is 5.75. The zero-order valence-corrected chi connectivity index (χ0v) is 16.3. The minimum Gasteiger partial charge on any atom is -0.342 e. The lowest BCUT2D eigenvalue weighted by Crippen LogP contribution is -2.45. The smallest absolute Gasteiger partial charge is 0.317 e. The zero-order valence-electron chi connectivity index (χ0n) is 16.3. The average Bonchev–Trinajstić information content (AvgIpc) is 3.46. The molecule has 148 valence electrons. The van der Waals surface area contributed by atoms with Crippen molar-refractivity contribution in [3.8, 4) is 22.4 Å². The van der Waals surface area contributed by atoms with Crippen LogP contribution < -0.4 is 5.32 Å². The zero-order chi connectivity index (χ0) is 19.6. The summed E-state index contributed by atoms with van der Waals surface area (Å²) in [6.45, 7) is 1.54. The number of benzene rings is 1. The number of nitrogens with zero attached hydrogens (tertiary/aromatic N) is 3. The van der Waals surface area contributed by atoms with E-state index in [1.165, 1.54) is 0 Å². The Morgan fingerprint density at radius 1 is 1.03 bits per heavy atom. The number of aromatic nitrogens is 3. The third kappa shape index (κ3) is 4.01. The first-order valence-electron chi connectivity index (χ1n) is 10.4. The van der Waals surface area contributed by atoms with E-state index in [9.17, 15) is 4.79 Å². The Morgan fingerprint density at radius 3 is 2.69 bits per heavy atom. The molecule has 1 aliphatic heterocycles. The van der Waals surface area contributed by atoms with Crippen molar-refractivity contribution in [3.05, 3.63) is 60.8 Å². The number of nitrogens with one attached hydrogen (secondary N) is 2. The molecule has 0 bridgehead atoms. The molecule has 2 fully saturated rings. The second kappa shape index (κ2) is 7.70. The van der Waals surface area contributed by atoms with Gasteiger partial charge in [-0.15, -0.1) is 0 Å². The van der Waals surface area contributed by atoms with Crippen LogP contribution in [-0.4, -0.2) is 45.0 Å². The highest BCUT2D eigenvalue weighted by Gasteiger charge is 2.30. The maximum atomic E-state index is 12.4. The summed E-state index contributed by atoms with van der Waals surface area (Å²) in [5.41, 5.74) is 4.21. The Kier molecular flexibility index (Phi) is 4.76. The van der Waals surface area contributed by atoms with Gasteiger partial charge in [-0.05, 0) is 37.3 Å². The van der Waals surface area contributed by atoms with E-state index >= 15 is 0 Å². The Labute approximate surface area is 170 Å². The molecule has 1 aromatic carbocycles. The third-order valence-corrected chi connectivity index (χ3v) is 5.75. The number of urea groups is 1. The van der Waals surface area contributed by atoms with E-state index in [1.54, 1.807) is 0 Å². The van der Waals surface area contributed by atoms with Gasteiger partial charge in [0.1, 0.15) is 5.82 Å². The van der Waals surface area contributed by atoms with Crippen molar-refractivity contribution in [2.24, 2.45) is 0 Å². The Morgan fingerprint density at radius 2 is 1.86 bits per heavy atom. The molecule has 6 nitrogen and oxygen atoms in total. The topological polar surface area (TPSA) is 73.9 Å². The number of pyridine rings is 1. The standard InChI is InChI=1S/C23H25N5O/c29-23(26-20-8-9-20)28-10-4-7-17(15-28)22-25-14-21(27-22)19-11-18(12-24-13-19)16-5-2-1-3-6-16/h1-3,5-6,11-14,17,20H,4,7-10,15H2,(H,25,27)(H,26,29). The lowest BCUT2D eigenvalue weighted by Gasteiger charge is -2.31. The van der Waals surface area contributed by atoms with Crippen molar-refractivity contribution in [2.75, 3.05) is 13.1 Å². The Hall–Kier alpha value is -3.15. The van der Waals surface area contributed by atoms with Crippen molar-refractivity contribution in [3.63, 3.8) is 0 Å². The summed E-state index contributed by atoms with van der Waals surface area (Å²) in [5.74, 6) is 1.20. The van der Waals surface area contributed by atoms with Crippen LogP contribution in [0, 0.1) is 0 Å². The second-order valence-electron chi connectivity index (χ2n) is 8.02. The van der Waals surface area contributed by atoms with Crippen molar-refractivity contribution in [1.29, 1.82) is 0 Å². The van der Waals surface area contributed by atoms with Crippen LogP contribution in [0.2, 0.25) is 0 Å². The molecule has 2 aliphatic rings. The lowest BCUT2D eigenvalue weighted by molar-refractivity contribution is 0.178. The number of piperidine rings is 1. The Balaban J connectivity index is 1.32. The minimum atomic E-state index is 0.0729. The molecule has 2 amide bonds. The van der Waals surface area contributed by atoms with Gasteiger partial charge in [0.05, 0.1) is 11.9 Å². The van der Waals surface area contributed by atoms with Crippen LogP contribution >= 0.6 is 0 Å². The monoisotopic (exact) mass is 387 g/mol. The molecule has 6 heteroatoms. The number of hydrogen-bond donors (Lipinski definition) is 2. The van der Waals surface area contributed by atoms with E-state index in [1.807, 2.05) is 41.7 Å². The lowest BCUT2D eigenvalue weighted by atomic mass is 9.97. The number of amides is 2. The molecule has 1 saturated carbocycles. The van der Waals surface area contributed by atoms with Crippen molar-refractivity contribution >= 4 is 6.03 Å². The van der Waals surface area contributed by atoms with Gasteiger partial charge in [0.25, 0.3) is 0 Å². The van der Waals surface area contributed by atoms with Crippen LogP contribution in [-0.2, 0) is 0 Å². The largest absolute Gasteiger partial charge is 0.342 e. The van der Waals surface area contributed by atoms with Crippen LogP contribution in [0.15, 0.2) is 55.0 Å². The van der Waals surface area contributed by atoms with Crippen LogP contribution in [0.4, 0.5) is 4.79 Å². The van der Waals surface area contributed by atoms with Gasteiger partial charge >= 0.3 is 6.03 Å². The van der Waals surface area contributed by atoms with E-state index in [4.69, 9.17) is 0 Å². The SMILES string of the molecule is O=C(NC1CC1)N1CCCC(c2ncc(-c3cncc(-c4ccccc4)c3)[nH]2)C1. The summed E-state index contributed by atoms with van der Waals surface area (Å²) in [7, 11) is 0. The van der Waals surface area contributed by atoms with Crippen molar-refractivity contribution in [2.45, 2.75) is 37.6 Å². The highest BCUT2D eigenvalue weighted by molar-refractivity contribution is 5.75. The maximum Gasteiger partial charge on any atom is 0.317 e. The van der Waals surface area contributed by atoms with Gasteiger partial charge in [0.15, 0.2) is 0 Å². The van der Waals surface area contributed by atoms with E-state index in [2.05, 4.69) is 38.5 Å². The highest BCUT2D eigenvalue weighted by Crippen LogP contribution is 2.29. The van der Waals surface area contributed by atoms with Crippen molar-refractivity contribution in [1.82, 2.24) is 25.2 Å². The van der Waals surface area contributed by atoms with Gasteiger partial charge in [0, 0.05) is 48.6 Å². The normalized spacial score (nSPS) is 19.2. The molecule has 5 rings (SSSR count). The number of imidazole rings is 1. The number of carbonyl (C=O) groups excluding carboxylic acids is 1. The summed E-state index contributed by atoms with van der Waals surface area (Å²) in [5, 5.41) is 3.10. The highest BCUT2D eigenvalue weighted by atomic mass is 16.2. The molecule has 1 unspecified atom stereocenters. The molecule has 2 N–H and O–H groups in total. The van der Waals surface area contributed by atoms with Crippen LogP contribution in [0.25, 0.3) is 22.4 Å². The van der Waals surface area contributed by atoms with Gasteiger partial charge in [-0.2, -0.15) is 0 Å². The molecule has 29 heavy (non-hydrogen) atoms. The van der Waals surface area contributed by atoms with Gasteiger partial charge in [-0.25, -0.2) is 9.78 Å². The molecule has 0 radical (unpaired) electrons. The predicted octanol–water partition coefficient (Wildman–Crippen LogP) is 4.19. The summed E-state index contributed by atoms with van der Waals surface area (Å²) in [6.07, 6.45) is 9.89. The molecule has 1 saturated heterocycles. The number of rotatable bonds is 4. The fourth-order valence-corrected chi connectivity index (χ4v) is 3.94. The summed E-state index contributed by atoms with van der Waals surface area (Å²) < 4.78 is 0. The molecule has 2 aromatic heterocycles. The number of aromatic amines is 1. The molecule has 3 heterocycles. The average molecular weight is 387 g/mol. The number of hydrogen-bond acceptors (Lipinski definition) is 3. The summed E-state index contributed by atoms with van der Waals surface area (Å²) in [6, 6.07) is 12.8. The summed E-state index contributed by atoms with van der Waals surface area (Å²) >= 11 is 0. The Bertz CT molecular complexity index is 995. The molecule has 3 aromatic rings. The van der Waals surface area contributed by atoms with Crippen LogP contribution in [0.3, 0.4) is 0 Å². The maximum absolute atomic E-state index is 12.4. The fraction of sp³-hybridized carbons (Fsp3) is 0.348. The first-order valence-corrected chi connectivity index (χ1v) is 10.4. The molecule has 1 aliphatic carbocycles. The van der Waals surface area contributed by atoms with Crippen LogP contribution in [0.5, 0.6) is 0 Å². The number of likely N-dealkylation sites (tertiary alicyclic amines) is 1. The van der Waals surface area contributed by atoms with E-state index in [0.717, 1.165) is 60.4 Å². The van der Waals surface area contributed by atoms with Crippen molar-refractivity contribution < 1.29 is 4.79 Å². The molecular weight excluding hydrogens is 362 g/mol. The summed E-state index contributed by atoms with van der Waals surface area (Å²) in [4.78, 5) is 26.9. The van der Waals surface area contributed by atoms with Gasteiger partial charge in [-0.1, -0.05) is 30.3 Å². The van der Waals surface area contributed by atoms with Gasteiger partial charge in [-0.3, -0.25) is 4.98 Å². The van der Waals surface area contributed by atoms with E-state index in [0.29, 0.717) is 12.6 Å². The first-order chi connectivity index (χ1) is 14.3. The molecular formula is C23H25N5O. The van der Waals surface area contributed by atoms with Crippen LogP contribution in [0.1, 0.15) is 37.4 Å². The fourth-order valence-electron chi connectivity index (χ4n) is 3.94. The molecule has 1 atom stereocenters. The van der Waals surface area contributed by atoms with E-state index in [-0.39, 0.29) is 11.9 Å². The second-order valence-corrected chi connectivity index (χ2v) is 8.02. The number of carbonyl (C=O) groups is 1. The van der Waals surface area contributed by atoms with Gasteiger partial charge < -0.3 is 15.2 Å². The van der Waals surface area contributed by atoms with E-state index < -0.39 is 0 Å². The quantitative estimate of drug-likeness (QED) is 0.705. The van der Waals surface area contributed by atoms with Gasteiger partial charge in [0.2, 0.25) is 0 Å².